The summed E-state index contributed by atoms with van der Waals surface area (Å²) in [6, 6.07) is 15.6. The summed E-state index contributed by atoms with van der Waals surface area (Å²) in [5.41, 5.74) is 1.59. The minimum atomic E-state index is -0.363. The molecule has 3 rings (SSSR count). The second-order valence-electron chi connectivity index (χ2n) is 6.57. The van der Waals surface area contributed by atoms with Crippen LogP contribution >= 0.6 is 0 Å². The van der Waals surface area contributed by atoms with E-state index in [0.29, 0.717) is 38.2 Å². The maximum absolute atomic E-state index is 13.3. The molecule has 0 unspecified atom stereocenters. The number of carbonyl (C=O) groups is 2. The Kier molecular flexibility index (Phi) is 6.41. The number of amides is 2. The van der Waals surface area contributed by atoms with Crippen LogP contribution in [0.5, 0.6) is 0 Å². The zero-order chi connectivity index (χ0) is 19.1. The van der Waals surface area contributed by atoms with E-state index in [0.717, 1.165) is 5.56 Å². The Balaban J connectivity index is 1.49. The molecule has 1 aliphatic rings. The van der Waals surface area contributed by atoms with Crippen molar-refractivity contribution in [2.45, 2.75) is 19.4 Å². The molecule has 2 aromatic carbocycles. The minimum Gasteiger partial charge on any atom is -0.445 e. The first kappa shape index (κ1) is 18.9. The van der Waals surface area contributed by atoms with E-state index in [2.05, 4.69) is 0 Å². The van der Waals surface area contributed by atoms with Crippen molar-refractivity contribution in [3.05, 3.63) is 71.5 Å². The number of nitrogens with zero attached hydrogens (tertiary/aromatic N) is 2. The molecule has 0 saturated carbocycles. The summed E-state index contributed by atoms with van der Waals surface area (Å²) in [7, 11) is 0. The van der Waals surface area contributed by atoms with Gasteiger partial charge in [-0.15, -0.1) is 0 Å². The van der Waals surface area contributed by atoms with Crippen LogP contribution in [-0.2, 0) is 22.6 Å². The maximum Gasteiger partial charge on any atom is 0.410 e. The van der Waals surface area contributed by atoms with Gasteiger partial charge in [0.25, 0.3) is 0 Å². The predicted molar refractivity (Wildman–Crippen MR) is 99.5 cm³/mol. The molecule has 0 radical (unpaired) electrons. The zero-order valence-electron chi connectivity index (χ0n) is 15.1. The third kappa shape index (κ3) is 5.54. The number of hydrogen-bond donors (Lipinski definition) is 0. The fourth-order valence-electron chi connectivity index (χ4n) is 3.09. The fraction of sp³-hybridized carbons (Fsp3) is 0.333. The number of halogens is 1. The molecule has 1 heterocycles. The molecule has 0 aromatic heterocycles. The van der Waals surface area contributed by atoms with E-state index in [1.165, 1.54) is 12.1 Å². The zero-order valence-corrected chi connectivity index (χ0v) is 15.1. The van der Waals surface area contributed by atoms with E-state index in [1.807, 2.05) is 30.3 Å². The number of rotatable bonds is 4. The van der Waals surface area contributed by atoms with Gasteiger partial charge in [0, 0.05) is 26.2 Å². The van der Waals surface area contributed by atoms with Crippen molar-refractivity contribution >= 4 is 12.0 Å². The van der Waals surface area contributed by atoms with E-state index in [9.17, 15) is 14.0 Å². The quantitative estimate of drug-likeness (QED) is 0.830. The van der Waals surface area contributed by atoms with Crippen molar-refractivity contribution < 1.29 is 18.7 Å². The van der Waals surface area contributed by atoms with Gasteiger partial charge in [-0.2, -0.15) is 0 Å². The first-order valence-corrected chi connectivity index (χ1v) is 9.09. The lowest BCUT2D eigenvalue weighted by molar-refractivity contribution is -0.130. The summed E-state index contributed by atoms with van der Waals surface area (Å²) in [4.78, 5) is 28.1. The second-order valence-corrected chi connectivity index (χ2v) is 6.57. The van der Waals surface area contributed by atoms with Gasteiger partial charge in [-0.1, -0.05) is 42.5 Å². The summed E-state index contributed by atoms with van der Waals surface area (Å²) in [5.74, 6) is -0.399. The van der Waals surface area contributed by atoms with Gasteiger partial charge in [0.15, 0.2) is 0 Å². The molecule has 6 heteroatoms. The molecule has 0 spiro atoms. The van der Waals surface area contributed by atoms with Crippen LogP contribution in [-0.4, -0.2) is 48.0 Å². The van der Waals surface area contributed by atoms with Crippen molar-refractivity contribution in [1.29, 1.82) is 0 Å². The Morgan fingerprint density at radius 2 is 1.59 bits per heavy atom. The molecule has 1 saturated heterocycles. The minimum absolute atomic E-state index is 0.0555. The molecule has 2 amide bonds. The average Bonchev–Trinajstić information content (AvgIpc) is 2.93. The molecule has 0 aliphatic carbocycles. The molecule has 1 fully saturated rings. The van der Waals surface area contributed by atoms with Crippen molar-refractivity contribution in [3.8, 4) is 0 Å². The Labute approximate surface area is 158 Å². The van der Waals surface area contributed by atoms with E-state index in [1.54, 1.807) is 21.9 Å². The standard InChI is InChI=1S/C21H23FN2O3/c22-19-9-4-8-18(14-19)15-20(25)23-10-5-11-24(13-12-23)21(26)27-16-17-6-2-1-3-7-17/h1-4,6-9,14H,5,10-13,15-16H2. The van der Waals surface area contributed by atoms with Crippen LogP contribution in [0, 0.1) is 5.82 Å². The molecule has 2 aromatic rings. The lowest BCUT2D eigenvalue weighted by Crippen LogP contribution is -2.38. The molecule has 0 N–H and O–H groups in total. The van der Waals surface area contributed by atoms with Crippen LogP contribution in [0.25, 0.3) is 0 Å². The van der Waals surface area contributed by atoms with E-state index >= 15 is 0 Å². The first-order valence-electron chi connectivity index (χ1n) is 9.09. The van der Waals surface area contributed by atoms with Gasteiger partial charge in [0.05, 0.1) is 6.42 Å². The number of ether oxygens (including phenoxy) is 1. The van der Waals surface area contributed by atoms with E-state index < -0.39 is 0 Å². The van der Waals surface area contributed by atoms with Crippen LogP contribution < -0.4 is 0 Å². The van der Waals surface area contributed by atoms with Crippen molar-refractivity contribution in [3.63, 3.8) is 0 Å². The Morgan fingerprint density at radius 3 is 2.37 bits per heavy atom. The molecule has 0 atom stereocenters. The summed E-state index contributed by atoms with van der Waals surface area (Å²) in [6.07, 6.45) is 0.490. The van der Waals surface area contributed by atoms with Gasteiger partial charge in [0.2, 0.25) is 5.91 Å². The van der Waals surface area contributed by atoms with Crippen molar-refractivity contribution in [2.75, 3.05) is 26.2 Å². The fourth-order valence-corrected chi connectivity index (χ4v) is 3.09. The van der Waals surface area contributed by atoms with E-state index in [-0.39, 0.29) is 30.8 Å². The largest absolute Gasteiger partial charge is 0.445 e. The lowest BCUT2D eigenvalue weighted by atomic mass is 10.1. The lowest BCUT2D eigenvalue weighted by Gasteiger charge is -2.22. The third-order valence-electron chi connectivity index (χ3n) is 4.56. The van der Waals surface area contributed by atoms with Crippen LogP contribution in [0.2, 0.25) is 0 Å². The molecule has 5 nitrogen and oxygen atoms in total. The molecule has 27 heavy (non-hydrogen) atoms. The van der Waals surface area contributed by atoms with Crippen molar-refractivity contribution in [2.24, 2.45) is 0 Å². The van der Waals surface area contributed by atoms with Crippen LogP contribution in [0.4, 0.5) is 9.18 Å². The highest BCUT2D eigenvalue weighted by molar-refractivity contribution is 5.79. The van der Waals surface area contributed by atoms with Crippen LogP contribution in [0.3, 0.4) is 0 Å². The molecule has 0 bridgehead atoms. The summed E-state index contributed by atoms with van der Waals surface area (Å²) in [5, 5.41) is 0. The van der Waals surface area contributed by atoms with Crippen LogP contribution in [0.1, 0.15) is 17.5 Å². The normalized spacial score (nSPS) is 14.6. The van der Waals surface area contributed by atoms with Gasteiger partial charge >= 0.3 is 6.09 Å². The van der Waals surface area contributed by atoms with Gasteiger partial charge in [-0.05, 0) is 29.7 Å². The highest BCUT2D eigenvalue weighted by atomic mass is 19.1. The first-order chi connectivity index (χ1) is 13.1. The van der Waals surface area contributed by atoms with Crippen molar-refractivity contribution in [1.82, 2.24) is 9.80 Å². The maximum atomic E-state index is 13.3. The monoisotopic (exact) mass is 370 g/mol. The highest BCUT2D eigenvalue weighted by Crippen LogP contribution is 2.11. The van der Waals surface area contributed by atoms with Gasteiger partial charge in [0.1, 0.15) is 12.4 Å². The molecular weight excluding hydrogens is 347 g/mol. The number of hydrogen-bond acceptors (Lipinski definition) is 3. The average molecular weight is 370 g/mol. The highest BCUT2D eigenvalue weighted by Gasteiger charge is 2.23. The van der Waals surface area contributed by atoms with Crippen LogP contribution in [0.15, 0.2) is 54.6 Å². The summed E-state index contributed by atoms with van der Waals surface area (Å²) < 4.78 is 18.6. The topological polar surface area (TPSA) is 49.9 Å². The Hall–Kier alpha value is -2.89. The van der Waals surface area contributed by atoms with Gasteiger partial charge in [-0.25, -0.2) is 9.18 Å². The third-order valence-corrected chi connectivity index (χ3v) is 4.56. The Morgan fingerprint density at radius 1 is 0.889 bits per heavy atom. The Bertz CT molecular complexity index is 782. The predicted octanol–water partition coefficient (Wildman–Crippen LogP) is 3.24. The van der Waals surface area contributed by atoms with Gasteiger partial charge in [-0.3, -0.25) is 4.79 Å². The smallest absolute Gasteiger partial charge is 0.410 e. The molecule has 142 valence electrons. The van der Waals surface area contributed by atoms with Gasteiger partial charge < -0.3 is 14.5 Å². The molecular formula is C21H23FN2O3. The number of carbonyl (C=O) groups excluding carboxylic acids is 2. The second kappa shape index (κ2) is 9.16. The summed E-state index contributed by atoms with van der Waals surface area (Å²) in [6.45, 7) is 2.25. The summed E-state index contributed by atoms with van der Waals surface area (Å²) >= 11 is 0. The molecule has 1 aliphatic heterocycles. The number of benzene rings is 2. The SMILES string of the molecule is O=C(Cc1cccc(F)c1)N1CCCN(C(=O)OCc2ccccc2)CC1. The van der Waals surface area contributed by atoms with E-state index in [4.69, 9.17) is 4.74 Å².